The van der Waals surface area contributed by atoms with Crippen LogP contribution in [0.5, 0.6) is 5.75 Å². The summed E-state index contributed by atoms with van der Waals surface area (Å²) in [5, 5.41) is 6.39. The number of nitrogens with one attached hydrogen (secondary N) is 3. The fraction of sp³-hybridized carbons (Fsp3) is 0.588. The molecule has 0 spiro atoms. The number of halogens is 1. The van der Waals surface area contributed by atoms with E-state index in [1.54, 1.807) is 7.11 Å². The molecule has 156 valence electrons. The van der Waals surface area contributed by atoms with Crippen molar-refractivity contribution >= 4 is 45.6 Å². The van der Waals surface area contributed by atoms with E-state index in [1.165, 1.54) is 0 Å². The van der Waals surface area contributed by atoms with E-state index >= 15 is 0 Å². The van der Waals surface area contributed by atoms with Gasteiger partial charge in [0.15, 0.2) is 5.96 Å². The number of ether oxygens (including phenoxy) is 2. The minimum Gasteiger partial charge on any atom is -0.493 e. The molecule has 8 nitrogen and oxygen atoms in total. The maximum atomic E-state index is 11.0. The van der Waals surface area contributed by atoms with E-state index in [2.05, 4.69) is 20.3 Å². The summed E-state index contributed by atoms with van der Waals surface area (Å²) in [5.41, 5.74) is 0.864. The van der Waals surface area contributed by atoms with E-state index in [-0.39, 0.29) is 24.0 Å². The molecule has 0 aliphatic rings. The molecule has 0 atom stereocenters. The van der Waals surface area contributed by atoms with Crippen molar-refractivity contribution in [2.45, 2.75) is 19.8 Å². The van der Waals surface area contributed by atoms with Crippen molar-refractivity contribution in [3.05, 3.63) is 24.3 Å². The van der Waals surface area contributed by atoms with Crippen molar-refractivity contribution in [1.82, 2.24) is 10.0 Å². The monoisotopic (exact) mass is 514 g/mol. The second-order valence-corrected chi connectivity index (χ2v) is 7.46. The number of guanidine groups is 1. The third-order valence-corrected chi connectivity index (χ3v) is 3.90. The van der Waals surface area contributed by atoms with Gasteiger partial charge in [0.2, 0.25) is 10.0 Å². The summed E-state index contributed by atoms with van der Waals surface area (Å²) in [4.78, 5) is 4.45. The van der Waals surface area contributed by atoms with Crippen molar-refractivity contribution in [3.63, 3.8) is 0 Å². The highest BCUT2D eigenvalue weighted by atomic mass is 127. The van der Waals surface area contributed by atoms with Gasteiger partial charge in [0.25, 0.3) is 0 Å². The number of rotatable bonds is 12. The van der Waals surface area contributed by atoms with Crippen LogP contribution in [-0.2, 0) is 14.8 Å². The first-order valence-corrected chi connectivity index (χ1v) is 10.6. The van der Waals surface area contributed by atoms with Gasteiger partial charge < -0.3 is 20.1 Å². The van der Waals surface area contributed by atoms with Crippen molar-refractivity contribution in [2.24, 2.45) is 4.99 Å². The minimum absolute atomic E-state index is 0. The zero-order chi connectivity index (χ0) is 19.3. The Morgan fingerprint density at radius 3 is 2.67 bits per heavy atom. The van der Waals surface area contributed by atoms with Gasteiger partial charge in [0, 0.05) is 51.5 Å². The van der Waals surface area contributed by atoms with Gasteiger partial charge in [-0.05, 0) is 25.5 Å². The molecular weight excluding hydrogens is 483 g/mol. The smallest absolute Gasteiger partial charge is 0.208 e. The Hall–Kier alpha value is -1.11. The number of anilines is 1. The van der Waals surface area contributed by atoms with E-state index in [1.807, 2.05) is 31.2 Å². The second kappa shape index (κ2) is 14.9. The highest BCUT2D eigenvalue weighted by Gasteiger charge is 2.02. The summed E-state index contributed by atoms with van der Waals surface area (Å²) >= 11 is 0. The topological polar surface area (TPSA) is 101 Å². The third kappa shape index (κ3) is 13.7. The van der Waals surface area contributed by atoms with Crippen molar-refractivity contribution in [3.8, 4) is 5.75 Å². The normalized spacial score (nSPS) is 11.6. The molecule has 0 aliphatic carbocycles. The molecule has 0 fully saturated rings. The van der Waals surface area contributed by atoms with Gasteiger partial charge in [-0.2, -0.15) is 0 Å². The Morgan fingerprint density at radius 1 is 1.22 bits per heavy atom. The quantitative estimate of drug-likeness (QED) is 0.171. The summed E-state index contributed by atoms with van der Waals surface area (Å²) in [6.07, 6.45) is 2.60. The molecule has 0 saturated carbocycles. The Balaban J connectivity index is 0.00000676. The number of methoxy groups -OCH3 is 1. The highest BCUT2D eigenvalue weighted by Crippen LogP contribution is 2.17. The molecule has 0 aliphatic heterocycles. The first-order chi connectivity index (χ1) is 12.4. The minimum atomic E-state index is -3.15. The summed E-state index contributed by atoms with van der Waals surface area (Å²) in [7, 11) is -1.48. The van der Waals surface area contributed by atoms with Crippen LogP contribution in [0.15, 0.2) is 29.3 Å². The van der Waals surface area contributed by atoms with Crippen LogP contribution in [0, 0.1) is 0 Å². The molecule has 0 saturated heterocycles. The summed E-state index contributed by atoms with van der Waals surface area (Å²) < 4.78 is 35.2. The lowest BCUT2D eigenvalue weighted by Crippen LogP contribution is -2.31. The van der Waals surface area contributed by atoms with E-state index < -0.39 is 10.0 Å². The van der Waals surface area contributed by atoms with Gasteiger partial charge in [-0.25, -0.2) is 13.1 Å². The van der Waals surface area contributed by atoms with Crippen LogP contribution in [0.3, 0.4) is 0 Å². The molecule has 1 aromatic carbocycles. The van der Waals surface area contributed by atoms with Crippen LogP contribution < -0.4 is 20.1 Å². The van der Waals surface area contributed by atoms with Crippen molar-refractivity contribution in [1.29, 1.82) is 0 Å². The van der Waals surface area contributed by atoms with E-state index in [9.17, 15) is 8.42 Å². The predicted octanol–water partition coefficient (Wildman–Crippen LogP) is 2.04. The zero-order valence-corrected chi connectivity index (χ0v) is 19.3. The van der Waals surface area contributed by atoms with Gasteiger partial charge in [-0.3, -0.25) is 4.99 Å². The van der Waals surface area contributed by atoms with Crippen LogP contribution in [0.25, 0.3) is 0 Å². The Kier molecular flexibility index (Phi) is 14.3. The fourth-order valence-electron chi connectivity index (χ4n) is 2.03. The van der Waals surface area contributed by atoms with Crippen LogP contribution in [0.1, 0.15) is 19.8 Å². The molecular formula is C17H31IN4O4S. The molecule has 10 heteroatoms. The lowest BCUT2D eigenvalue weighted by atomic mass is 10.3. The van der Waals surface area contributed by atoms with E-state index in [0.29, 0.717) is 38.7 Å². The third-order valence-electron chi connectivity index (χ3n) is 3.17. The Bertz CT molecular complexity index is 656. The molecule has 1 aromatic rings. The van der Waals surface area contributed by atoms with E-state index in [0.717, 1.165) is 30.7 Å². The van der Waals surface area contributed by atoms with Crippen LogP contribution in [0.4, 0.5) is 5.69 Å². The van der Waals surface area contributed by atoms with Gasteiger partial charge >= 0.3 is 0 Å². The van der Waals surface area contributed by atoms with Crippen LogP contribution in [-0.4, -0.2) is 60.6 Å². The Labute approximate surface area is 179 Å². The fourth-order valence-corrected chi connectivity index (χ4v) is 2.54. The molecule has 27 heavy (non-hydrogen) atoms. The summed E-state index contributed by atoms with van der Waals surface area (Å²) in [6.45, 7) is 4.85. The number of hydrogen-bond acceptors (Lipinski definition) is 5. The lowest BCUT2D eigenvalue weighted by Gasteiger charge is -2.13. The molecule has 0 radical (unpaired) electrons. The van der Waals surface area contributed by atoms with Crippen LogP contribution >= 0.6 is 24.0 Å². The van der Waals surface area contributed by atoms with Gasteiger partial charge in [0.05, 0.1) is 12.9 Å². The maximum Gasteiger partial charge on any atom is 0.208 e. The first-order valence-electron chi connectivity index (χ1n) is 8.66. The second-order valence-electron chi connectivity index (χ2n) is 5.63. The number of benzene rings is 1. The first kappa shape index (κ1) is 25.9. The maximum absolute atomic E-state index is 11.0. The number of sulfonamides is 1. The summed E-state index contributed by atoms with van der Waals surface area (Å²) in [5.74, 6) is 1.42. The molecule has 1 rings (SSSR count). The van der Waals surface area contributed by atoms with E-state index in [4.69, 9.17) is 9.47 Å². The van der Waals surface area contributed by atoms with Gasteiger partial charge in [-0.15, -0.1) is 24.0 Å². The number of aliphatic imine (C=N–C) groups is 1. The molecule has 0 heterocycles. The molecule has 0 bridgehead atoms. The van der Waals surface area contributed by atoms with Crippen LogP contribution in [0.2, 0.25) is 0 Å². The molecule has 0 aromatic heterocycles. The van der Waals surface area contributed by atoms with Gasteiger partial charge in [-0.1, -0.05) is 6.07 Å². The average molecular weight is 514 g/mol. The number of hydrogen-bond donors (Lipinski definition) is 3. The Morgan fingerprint density at radius 2 is 2.00 bits per heavy atom. The predicted molar refractivity (Wildman–Crippen MR) is 121 cm³/mol. The lowest BCUT2D eigenvalue weighted by molar-refractivity contribution is 0.172. The molecule has 0 unspecified atom stereocenters. The van der Waals surface area contributed by atoms with Crippen molar-refractivity contribution in [2.75, 3.05) is 51.5 Å². The standard InChI is InChI=1S/C17H30N4O4S.HI/c1-4-18-17(19-10-6-11-20-26(3,22)23)21-15-8-5-9-16(14-15)25-13-7-12-24-2;/h5,8-9,14,20H,4,6-7,10-13H2,1-3H3,(H2,18,19,21);1H. The molecule has 3 N–H and O–H groups in total. The largest absolute Gasteiger partial charge is 0.493 e. The van der Waals surface area contributed by atoms with Gasteiger partial charge in [0.1, 0.15) is 5.75 Å². The van der Waals surface area contributed by atoms with Crippen molar-refractivity contribution < 1.29 is 17.9 Å². The summed E-state index contributed by atoms with van der Waals surface area (Å²) in [6, 6.07) is 7.65. The zero-order valence-electron chi connectivity index (χ0n) is 16.2. The number of nitrogens with zero attached hydrogens (tertiary/aromatic N) is 1. The SMILES string of the molecule is CCNC(=NCCCNS(C)(=O)=O)Nc1cccc(OCCCOC)c1.I. The molecule has 0 amide bonds. The average Bonchev–Trinajstić information content (AvgIpc) is 2.58. The highest BCUT2D eigenvalue weighted by molar-refractivity contribution is 14.0.